The minimum absolute atomic E-state index is 0.261. The highest BCUT2D eigenvalue weighted by atomic mass is 19.1. The predicted molar refractivity (Wildman–Crippen MR) is 92.4 cm³/mol. The molecule has 2 aromatic carbocycles. The van der Waals surface area contributed by atoms with Crippen molar-refractivity contribution in [3.8, 4) is 11.5 Å². The molecule has 4 nitrogen and oxygen atoms in total. The van der Waals surface area contributed by atoms with E-state index >= 15 is 0 Å². The van der Waals surface area contributed by atoms with Gasteiger partial charge < -0.3 is 14.8 Å². The first-order valence-electron chi connectivity index (χ1n) is 8.10. The summed E-state index contributed by atoms with van der Waals surface area (Å²) in [6.45, 7) is 5.20. The summed E-state index contributed by atoms with van der Waals surface area (Å²) in [4.78, 5) is 12.2. The maximum absolute atomic E-state index is 13.2. The molecule has 1 amide bonds. The van der Waals surface area contributed by atoms with Gasteiger partial charge in [-0.1, -0.05) is 19.9 Å². The van der Waals surface area contributed by atoms with Crippen LogP contribution in [0.4, 0.5) is 10.1 Å². The van der Waals surface area contributed by atoms with Crippen LogP contribution in [0.3, 0.4) is 0 Å². The summed E-state index contributed by atoms with van der Waals surface area (Å²) >= 11 is 0. The van der Waals surface area contributed by atoms with Crippen molar-refractivity contribution in [3.05, 3.63) is 53.8 Å². The number of ether oxygens (including phenoxy) is 2. The number of amides is 1. The Hall–Kier alpha value is -2.56. The summed E-state index contributed by atoms with van der Waals surface area (Å²) in [5, 5.41) is 2.74. The van der Waals surface area contributed by atoms with Gasteiger partial charge in [0, 0.05) is 17.3 Å². The van der Waals surface area contributed by atoms with Gasteiger partial charge in [0.15, 0.2) is 11.5 Å². The highest BCUT2D eigenvalue weighted by molar-refractivity contribution is 6.04. The zero-order chi connectivity index (χ0) is 17.4. The minimum atomic E-state index is -0.446. The van der Waals surface area contributed by atoms with E-state index in [2.05, 4.69) is 5.32 Å². The number of rotatable bonds is 8. The zero-order valence-corrected chi connectivity index (χ0v) is 14.0. The summed E-state index contributed by atoms with van der Waals surface area (Å²) in [6, 6.07) is 10.8. The minimum Gasteiger partial charge on any atom is -0.490 e. The van der Waals surface area contributed by atoms with Crippen molar-refractivity contribution in [1.82, 2.24) is 0 Å². The monoisotopic (exact) mass is 331 g/mol. The fourth-order valence-electron chi connectivity index (χ4n) is 2.07. The Morgan fingerprint density at radius 1 is 1.00 bits per heavy atom. The average Bonchev–Trinajstić information content (AvgIpc) is 2.59. The van der Waals surface area contributed by atoms with Crippen molar-refractivity contribution in [1.29, 1.82) is 0 Å². The first-order valence-corrected chi connectivity index (χ1v) is 8.10. The van der Waals surface area contributed by atoms with E-state index in [0.29, 0.717) is 30.4 Å². The molecule has 2 rings (SSSR count). The molecule has 0 bridgehead atoms. The molecule has 0 unspecified atom stereocenters. The van der Waals surface area contributed by atoms with Gasteiger partial charge in [-0.05, 0) is 43.2 Å². The molecule has 0 fully saturated rings. The molecule has 1 N–H and O–H groups in total. The third kappa shape index (κ3) is 4.98. The molecule has 0 aromatic heterocycles. The maximum atomic E-state index is 13.2. The highest BCUT2D eigenvalue weighted by Crippen LogP contribution is 2.31. The fraction of sp³-hybridized carbons (Fsp3) is 0.316. The van der Waals surface area contributed by atoms with Gasteiger partial charge in [0.05, 0.1) is 13.2 Å². The van der Waals surface area contributed by atoms with Crippen LogP contribution in [0.25, 0.3) is 0 Å². The van der Waals surface area contributed by atoms with Gasteiger partial charge in [-0.2, -0.15) is 0 Å². The van der Waals surface area contributed by atoms with Crippen molar-refractivity contribution in [2.24, 2.45) is 0 Å². The van der Waals surface area contributed by atoms with Gasteiger partial charge in [-0.15, -0.1) is 0 Å². The van der Waals surface area contributed by atoms with Crippen LogP contribution >= 0.6 is 0 Å². The molecule has 24 heavy (non-hydrogen) atoms. The second-order valence-corrected chi connectivity index (χ2v) is 5.32. The van der Waals surface area contributed by atoms with Crippen LogP contribution in [-0.4, -0.2) is 19.1 Å². The van der Waals surface area contributed by atoms with Gasteiger partial charge in [-0.3, -0.25) is 4.79 Å². The summed E-state index contributed by atoms with van der Waals surface area (Å²) in [6.07, 6.45) is 1.76. The quantitative estimate of drug-likeness (QED) is 0.765. The summed E-state index contributed by atoms with van der Waals surface area (Å²) in [7, 11) is 0. The number of hydrogen-bond acceptors (Lipinski definition) is 3. The lowest BCUT2D eigenvalue weighted by molar-refractivity contribution is 0.102. The standard InChI is InChI=1S/C19H22FNO3/c1-3-10-23-17-9-8-16(13-18(17)24-11-4-2)21-19(22)14-6-5-7-15(20)12-14/h5-9,12-13H,3-4,10-11H2,1-2H3,(H,21,22). The van der Waals surface area contributed by atoms with E-state index in [-0.39, 0.29) is 11.5 Å². The van der Waals surface area contributed by atoms with Crippen LogP contribution in [0, 0.1) is 5.82 Å². The number of hydrogen-bond donors (Lipinski definition) is 1. The second kappa shape index (κ2) is 8.91. The van der Waals surface area contributed by atoms with Gasteiger partial charge in [0.25, 0.3) is 5.91 Å². The molecule has 0 aliphatic rings. The van der Waals surface area contributed by atoms with E-state index in [1.807, 2.05) is 13.8 Å². The Morgan fingerprint density at radius 2 is 1.71 bits per heavy atom. The predicted octanol–water partition coefficient (Wildman–Crippen LogP) is 4.66. The molecule has 5 heteroatoms. The third-order valence-electron chi connectivity index (χ3n) is 3.21. The van der Waals surface area contributed by atoms with Crippen molar-refractivity contribution >= 4 is 11.6 Å². The Kier molecular flexibility index (Phi) is 6.61. The molecule has 0 atom stereocenters. The highest BCUT2D eigenvalue weighted by Gasteiger charge is 2.11. The molecule has 0 aliphatic carbocycles. The van der Waals surface area contributed by atoms with Crippen molar-refractivity contribution < 1.29 is 18.7 Å². The summed E-state index contributed by atoms with van der Waals surface area (Å²) in [5.41, 5.74) is 0.830. The normalized spacial score (nSPS) is 10.3. The lowest BCUT2D eigenvalue weighted by Gasteiger charge is -2.14. The number of carbonyl (C=O) groups is 1. The van der Waals surface area contributed by atoms with Crippen LogP contribution in [0.1, 0.15) is 37.0 Å². The number of carbonyl (C=O) groups excluding carboxylic acids is 1. The molecule has 0 radical (unpaired) electrons. The van der Waals surface area contributed by atoms with Crippen LogP contribution in [0.15, 0.2) is 42.5 Å². The smallest absolute Gasteiger partial charge is 0.255 e. The average molecular weight is 331 g/mol. The Morgan fingerprint density at radius 3 is 2.38 bits per heavy atom. The molecule has 2 aromatic rings. The van der Waals surface area contributed by atoms with E-state index in [1.54, 1.807) is 24.3 Å². The second-order valence-electron chi connectivity index (χ2n) is 5.32. The van der Waals surface area contributed by atoms with Gasteiger partial charge >= 0.3 is 0 Å². The molecular weight excluding hydrogens is 309 g/mol. The first kappa shape index (κ1) is 17.8. The molecular formula is C19H22FNO3. The molecule has 0 saturated carbocycles. The van der Waals surface area contributed by atoms with E-state index in [9.17, 15) is 9.18 Å². The van der Waals surface area contributed by atoms with Gasteiger partial charge in [-0.25, -0.2) is 4.39 Å². The Labute approximate surface area is 141 Å². The largest absolute Gasteiger partial charge is 0.490 e. The summed E-state index contributed by atoms with van der Waals surface area (Å²) in [5.74, 6) is 0.410. The lowest BCUT2D eigenvalue weighted by Crippen LogP contribution is -2.12. The number of halogens is 1. The van der Waals surface area contributed by atoms with E-state index in [1.165, 1.54) is 18.2 Å². The van der Waals surface area contributed by atoms with Gasteiger partial charge in [0.2, 0.25) is 0 Å². The first-order chi connectivity index (χ1) is 11.6. The molecule has 0 saturated heterocycles. The van der Waals surface area contributed by atoms with Crippen LogP contribution in [0.2, 0.25) is 0 Å². The molecule has 0 aliphatic heterocycles. The van der Waals surface area contributed by atoms with Crippen molar-refractivity contribution in [2.45, 2.75) is 26.7 Å². The maximum Gasteiger partial charge on any atom is 0.255 e. The van der Waals surface area contributed by atoms with E-state index in [0.717, 1.165) is 12.8 Å². The fourth-order valence-corrected chi connectivity index (χ4v) is 2.07. The van der Waals surface area contributed by atoms with E-state index < -0.39 is 5.82 Å². The van der Waals surface area contributed by atoms with Crippen LogP contribution in [0.5, 0.6) is 11.5 Å². The molecule has 0 heterocycles. The van der Waals surface area contributed by atoms with Crippen molar-refractivity contribution in [3.63, 3.8) is 0 Å². The van der Waals surface area contributed by atoms with Crippen LogP contribution in [-0.2, 0) is 0 Å². The van der Waals surface area contributed by atoms with E-state index in [4.69, 9.17) is 9.47 Å². The lowest BCUT2D eigenvalue weighted by atomic mass is 10.2. The van der Waals surface area contributed by atoms with Crippen molar-refractivity contribution in [2.75, 3.05) is 18.5 Å². The number of benzene rings is 2. The zero-order valence-electron chi connectivity index (χ0n) is 14.0. The number of anilines is 1. The molecule has 128 valence electrons. The van der Waals surface area contributed by atoms with Crippen LogP contribution < -0.4 is 14.8 Å². The topological polar surface area (TPSA) is 47.6 Å². The SMILES string of the molecule is CCCOc1ccc(NC(=O)c2cccc(F)c2)cc1OCCC. The third-order valence-corrected chi connectivity index (χ3v) is 3.21. The van der Waals surface area contributed by atoms with Gasteiger partial charge in [0.1, 0.15) is 5.82 Å². The Balaban J connectivity index is 2.15. The summed E-state index contributed by atoms with van der Waals surface area (Å²) < 4.78 is 24.6. The Bertz CT molecular complexity index is 688. The number of nitrogens with one attached hydrogen (secondary N) is 1. The molecule has 0 spiro atoms.